The monoisotopic (exact) mass is 402 g/mol. The second-order valence-corrected chi connectivity index (χ2v) is 8.37. The van der Waals surface area contributed by atoms with Crippen LogP contribution < -0.4 is 9.47 Å². The Labute approximate surface area is 176 Å². The molecule has 1 heterocycles. The fourth-order valence-electron chi connectivity index (χ4n) is 4.55. The van der Waals surface area contributed by atoms with E-state index < -0.39 is 0 Å². The molecule has 3 rings (SSSR count). The third kappa shape index (κ3) is 7.22. The zero-order chi connectivity index (χ0) is 20.3. The first-order valence-corrected chi connectivity index (χ1v) is 11.6. The molecule has 0 atom stereocenters. The molecule has 162 valence electrons. The smallest absolute Gasteiger partial charge is 0.222 e. The van der Waals surface area contributed by atoms with E-state index in [-0.39, 0.29) is 5.91 Å². The van der Waals surface area contributed by atoms with Crippen LogP contribution in [0.5, 0.6) is 11.5 Å². The Kier molecular flexibility index (Phi) is 9.13. The largest absolute Gasteiger partial charge is 0.490 e. The van der Waals surface area contributed by atoms with Crippen LogP contribution in [0.2, 0.25) is 0 Å². The number of benzene rings is 1. The summed E-state index contributed by atoms with van der Waals surface area (Å²) in [5.74, 6) is 2.68. The molecule has 1 saturated heterocycles. The van der Waals surface area contributed by atoms with Crippen molar-refractivity contribution in [3.63, 3.8) is 0 Å². The Morgan fingerprint density at radius 1 is 0.966 bits per heavy atom. The van der Waals surface area contributed by atoms with Gasteiger partial charge in [-0.2, -0.15) is 0 Å². The summed E-state index contributed by atoms with van der Waals surface area (Å²) in [7, 11) is 0. The lowest BCUT2D eigenvalue weighted by Gasteiger charge is -2.28. The first-order valence-electron chi connectivity index (χ1n) is 11.6. The highest BCUT2D eigenvalue weighted by molar-refractivity contribution is 5.76. The predicted molar refractivity (Wildman–Crippen MR) is 117 cm³/mol. The number of hydrogen-bond acceptors (Lipinski definition) is 4. The Balaban J connectivity index is 1.35. The fourth-order valence-corrected chi connectivity index (χ4v) is 4.55. The molecular weight excluding hydrogens is 364 g/mol. The average molecular weight is 403 g/mol. The highest BCUT2D eigenvalue weighted by atomic mass is 16.5. The standard InChI is InChI=1S/C24H38N2O3/c1-2-28-22-12-6-7-13-23(22)29-19-8-14-24(27)26-16-9-15-25(17-18-26)20-21-10-4-3-5-11-21/h6-7,12-13,21H,2-5,8-11,14-20H2,1H3. The molecular formula is C24H38N2O3. The van der Waals surface area contributed by atoms with Gasteiger partial charge in [-0.1, -0.05) is 31.4 Å². The van der Waals surface area contributed by atoms with Crippen molar-refractivity contribution in [2.75, 3.05) is 45.9 Å². The van der Waals surface area contributed by atoms with Crippen molar-refractivity contribution in [1.82, 2.24) is 9.80 Å². The molecule has 0 bridgehead atoms. The second-order valence-electron chi connectivity index (χ2n) is 8.37. The number of nitrogens with zero attached hydrogens (tertiary/aromatic N) is 2. The van der Waals surface area contributed by atoms with Crippen molar-refractivity contribution in [2.24, 2.45) is 5.92 Å². The summed E-state index contributed by atoms with van der Waals surface area (Å²) >= 11 is 0. The molecule has 1 aromatic rings. The molecule has 2 fully saturated rings. The Morgan fingerprint density at radius 2 is 1.72 bits per heavy atom. The van der Waals surface area contributed by atoms with Crippen molar-refractivity contribution in [1.29, 1.82) is 0 Å². The first kappa shape index (κ1) is 21.9. The van der Waals surface area contributed by atoms with E-state index in [0.29, 0.717) is 19.6 Å². The van der Waals surface area contributed by atoms with Gasteiger partial charge in [-0.15, -0.1) is 0 Å². The molecule has 0 unspecified atom stereocenters. The summed E-state index contributed by atoms with van der Waals surface area (Å²) in [6, 6.07) is 7.72. The van der Waals surface area contributed by atoms with Gasteiger partial charge in [-0.25, -0.2) is 0 Å². The highest BCUT2D eigenvalue weighted by Gasteiger charge is 2.22. The van der Waals surface area contributed by atoms with Gasteiger partial charge in [0.15, 0.2) is 11.5 Å². The zero-order valence-electron chi connectivity index (χ0n) is 18.1. The van der Waals surface area contributed by atoms with Gasteiger partial charge in [0, 0.05) is 32.6 Å². The van der Waals surface area contributed by atoms with Gasteiger partial charge in [0.2, 0.25) is 5.91 Å². The van der Waals surface area contributed by atoms with Gasteiger partial charge in [0.05, 0.1) is 13.2 Å². The van der Waals surface area contributed by atoms with Gasteiger partial charge >= 0.3 is 0 Å². The third-order valence-corrected chi connectivity index (χ3v) is 6.12. The van der Waals surface area contributed by atoms with Crippen LogP contribution in [0.15, 0.2) is 24.3 Å². The van der Waals surface area contributed by atoms with E-state index in [1.807, 2.05) is 31.2 Å². The molecule has 0 radical (unpaired) electrons. The molecule has 0 N–H and O–H groups in total. The minimum absolute atomic E-state index is 0.270. The maximum atomic E-state index is 12.7. The van der Waals surface area contributed by atoms with Crippen LogP contribution in [-0.2, 0) is 4.79 Å². The number of amides is 1. The number of hydrogen-bond donors (Lipinski definition) is 0. The summed E-state index contributed by atoms with van der Waals surface area (Å²) in [5.41, 5.74) is 0. The van der Waals surface area contributed by atoms with Crippen LogP contribution in [0.1, 0.15) is 58.3 Å². The van der Waals surface area contributed by atoms with Crippen LogP contribution in [0.4, 0.5) is 0 Å². The van der Waals surface area contributed by atoms with Crippen LogP contribution in [0, 0.1) is 5.92 Å². The van der Waals surface area contributed by atoms with Gasteiger partial charge in [0.25, 0.3) is 0 Å². The van der Waals surface area contributed by atoms with E-state index in [1.165, 1.54) is 38.6 Å². The second kappa shape index (κ2) is 12.1. The topological polar surface area (TPSA) is 42.0 Å². The molecule has 1 saturated carbocycles. The molecule has 2 aliphatic rings. The number of para-hydroxylation sites is 2. The first-order chi connectivity index (χ1) is 14.3. The van der Waals surface area contributed by atoms with Crippen molar-refractivity contribution in [3.05, 3.63) is 24.3 Å². The van der Waals surface area contributed by atoms with Gasteiger partial charge in [-0.3, -0.25) is 4.79 Å². The van der Waals surface area contributed by atoms with Crippen molar-refractivity contribution in [3.8, 4) is 11.5 Å². The van der Waals surface area contributed by atoms with Crippen LogP contribution in [0.25, 0.3) is 0 Å². The number of carbonyl (C=O) groups excluding carboxylic acids is 1. The van der Waals surface area contributed by atoms with E-state index in [2.05, 4.69) is 9.80 Å². The molecule has 5 nitrogen and oxygen atoms in total. The van der Waals surface area contributed by atoms with Crippen LogP contribution in [0.3, 0.4) is 0 Å². The number of ether oxygens (including phenoxy) is 2. The van der Waals surface area contributed by atoms with E-state index in [9.17, 15) is 4.79 Å². The number of carbonyl (C=O) groups is 1. The zero-order valence-corrected chi connectivity index (χ0v) is 18.1. The van der Waals surface area contributed by atoms with Crippen molar-refractivity contribution >= 4 is 5.91 Å². The summed E-state index contributed by atoms with van der Waals surface area (Å²) in [4.78, 5) is 17.3. The maximum absolute atomic E-state index is 12.7. The summed E-state index contributed by atoms with van der Waals surface area (Å²) < 4.78 is 11.4. The van der Waals surface area contributed by atoms with Gasteiger partial charge in [0.1, 0.15) is 0 Å². The summed E-state index contributed by atoms with van der Waals surface area (Å²) in [5, 5.41) is 0. The minimum atomic E-state index is 0.270. The molecule has 1 amide bonds. The van der Waals surface area contributed by atoms with Crippen LogP contribution >= 0.6 is 0 Å². The van der Waals surface area contributed by atoms with Crippen LogP contribution in [-0.4, -0.2) is 61.6 Å². The average Bonchev–Trinajstić information content (AvgIpc) is 2.99. The SMILES string of the molecule is CCOc1ccccc1OCCCC(=O)N1CCCN(CC2CCCCC2)CC1. The minimum Gasteiger partial charge on any atom is -0.490 e. The van der Waals surface area contributed by atoms with Gasteiger partial charge in [-0.05, 0) is 57.2 Å². The molecule has 1 aliphatic carbocycles. The summed E-state index contributed by atoms with van der Waals surface area (Å²) in [6.45, 7) is 8.29. The highest BCUT2D eigenvalue weighted by Crippen LogP contribution is 2.27. The Hall–Kier alpha value is -1.75. The molecule has 5 heteroatoms. The molecule has 1 aromatic carbocycles. The van der Waals surface area contributed by atoms with E-state index in [1.54, 1.807) is 0 Å². The maximum Gasteiger partial charge on any atom is 0.222 e. The number of rotatable bonds is 9. The van der Waals surface area contributed by atoms with E-state index in [4.69, 9.17) is 9.47 Å². The molecule has 0 aromatic heterocycles. The lowest BCUT2D eigenvalue weighted by molar-refractivity contribution is -0.131. The van der Waals surface area contributed by atoms with Crippen molar-refractivity contribution < 1.29 is 14.3 Å². The predicted octanol–water partition coefficient (Wildman–Crippen LogP) is 4.36. The quantitative estimate of drug-likeness (QED) is 0.576. The summed E-state index contributed by atoms with van der Waals surface area (Å²) in [6.07, 6.45) is 9.40. The van der Waals surface area contributed by atoms with E-state index >= 15 is 0 Å². The normalized spacial score (nSPS) is 19.0. The lowest BCUT2D eigenvalue weighted by atomic mass is 9.89. The molecule has 0 spiro atoms. The fraction of sp³-hybridized carbons (Fsp3) is 0.708. The molecule has 1 aliphatic heterocycles. The van der Waals surface area contributed by atoms with Gasteiger partial charge < -0.3 is 19.3 Å². The molecule has 29 heavy (non-hydrogen) atoms. The lowest BCUT2D eigenvalue weighted by Crippen LogP contribution is -2.36. The van der Waals surface area contributed by atoms with E-state index in [0.717, 1.165) is 56.4 Å². The van der Waals surface area contributed by atoms with Crippen molar-refractivity contribution in [2.45, 2.75) is 58.3 Å². The Morgan fingerprint density at radius 3 is 2.48 bits per heavy atom. The third-order valence-electron chi connectivity index (χ3n) is 6.12. The Bertz CT molecular complexity index is 616.